The molecule has 5 aromatic rings. The van der Waals surface area contributed by atoms with E-state index in [1.165, 1.54) is 10.9 Å². The highest BCUT2D eigenvalue weighted by atomic mass is 16.5. The van der Waals surface area contributed by atoms with Gasteiger partial charge < -0.3 is 14.6 Å². The summed E-state index contributed by atoms with van der Waals surface area (Å²) in [5.41, 5.74) is 5.10. The number of esters is 1. The van der Waals surface area contributed by atoms with E-state index < -0.39 is 5.97 Å². The highest BCUT2D eigenvalue weighted by Crippen LogP contribution is 2.27. The minimum atomic E-state index is -0.588. The van der Waals surface area contributed by atoms with Crippen molar-refractivity contribution in [2.75, 3.05) is 11.9 Å². The topological polar surface area (TPSA) is 112 Å². The minimum Gasteiger partial charge on any atom is -0.462 e. The van der Waals surface area contributed by atoms with Crippen LogP contribution in [0.4, 0.5) is 5.82 Å². The van der Waals surface area contributed by atoms with Gasteiger partial charge in [0.15, 0.2) is 17.2 Å². The molecule has 1 amide bonds. The third kappa shape index (κ3) is 4.19. The maximum atomic E-state index is 13.1. The van der Waals surface area contributed by atoms with E-state index >= 15 is 0 Å². The van der Waals surface area contributed by atoms with Gasteiger partial charge in [-0.2, -0.15) is 9.78 Å². The summed E-state index contributed by atoms with van der Waals surface area (Å²) in [5, 5.41) is 13.1. The Morgan fingerprint density at radius 3 is 2.69 bits per heavy atom. The molecule has 2 aromatic carbocycles. The minimum absolute atomic E-state index is 0.0484. The Hall–Kier alpha value is -4.53. The molecule has 0 unspecified atom stereocenters. The summed E-state index contributed by atoms with van der Waals surface area (Å²) in [6.07, 6.45) is 1.33. The molecule has 0 fully saturated rings. The predicted molar refractivity (Wildman–Crippen MR) is 135 cm³/mol. The number of nitrogens with zero attached hydrogens (tertiary/aromatic N) is 4. The number of aryl methyl sites for hydroxylation is 3. The first-order valence-electron chi connectivity index (χ1n) is 11.6. The van der Waals surface area contributed by atoms with Crippen LogP contribution < -0.4 is 5.32 Å². The lowest BCUT2D eigenvalue weighted by molar-refractivity contribution is -0.115. The van der Waals surface area contributed by atoms with Crippen molar-refractivity contribution in [1.29, 1.82) is 0 Å². The van der Waals surface area contributed by atoms with Crippen LogP contribution in [0.1, 0.15) is 39.7 Å². The van der Waals surface area contributed by atoms with Crippen molar-refractivity contribution >= 4 is 39.6 Å². The number of hydrogen-bond acceptors (Lipinski definition) is 7. The average molecular weight is 484 g/mol. The molecule has 1 N–H and O–H groups in total. The molecule has 182 valence electrons. The third-order valence-corrected chi connectivity index (χ3v) is 6.00. The number of anilines is 1. The van der Waals surface area contributed by atoms with Crippen molar-refractivity contribution in [3.8, 4) is 5.82 Å². The number of aromatic nitrogens is 4. The smallest absolute Gasteiger partial charge is 0.343 e. The molecule has 5 rings (SSSR count). The predicted octanol–water partition coefficient (Wildman–Crippen LogP) is 4.84. The van der Waals surface area contributed by atoms with Gasteiger partial charge in [-0.15, -0.1) is 0 Å². The molecule has 0 radical (unpaired) electrons. The zero-order chi connectivity index (χ0) is 25.4. The molecule has 3 heterocycles. The molecule has 9 nitrogen and oxygen atoms in total. The number of fused-ring (bicyclic) bond motifs is 2. The SMILES string of the molecule is CCOC(=O)c1cnn(-c2cc(C)c3cccc(C)c3n2)c1NC(=O)Cc1noc2ccc(C)cc12. The average Bonchev–Trinajstić information content (AvgIpc) is 3.44. The lowest BCUT2D eigenvalue weighted by Crippen LogP contribution is -2.20. The molecule has 0 spiro atoms. The fourth-order valence-electron chi connectivity index (χ4n) is 4.21. The molecule has 0 atom stereocenters. The summed E-state index contributed by atoms with van der Waals surface area (Å²) < 4.78 is 12.0. The summed E-state index contributed by atoms with van der Waals surface area (Å²) in [5.74, 6) is -0.312. The number of ether oxygens (including phenoxy) is 1. The Balaban J connectivity index is 1.55. The second-order valence-corrected chi connectivity index (χ2v) is 8.66. The maximum absolute atomic E-state index is 13.1. The number of hydrogen-bond donors (Lipinski definition) is 1. The van der Waals surface area contributed by atoms with Gasteiger partial charge in [-0.25, -0.2) is 9.78 Å². The van der Waals surface area contributed by atoms with Gasteiger partial charge >= 0.3 is 5.97 Å². The number of nitrogens with one attached hydrogen (secondary N) is 1. The van der Waals surface area contributed by atoms with Crippen LogP contribution in [-0.4, -0.2) is 38.4 Å². The van der Waals surface area contributed by atoms with E-state index in [-0.39, 0.29) is 30.3 Å². The number of pyridine rings is 1. The zero-order valence-corrected chi connectivity index (χ0v) is 20.5. The molecule has 0 saturated carbocycles. The van der Waals surface area contributed by atoms with E-state index in [1.807, 2.05) is 63.2 Å². The Kier molecular flexibility index (Phi) is 5.97. The molecular formula is C27H25N5O4. The summed E-state index contributed by atoms with van der Waals surface area (Å²) >= 11 is 0. The molecule has 0 bridgehead atoms. The lowest BCUT2D eigenvalue weighted by Gasteiger charge is -2.13. The van der Waals surface area contributed by atoms with Crippen LogP contribution in [0, 0.1) is 20.8 Å². The standard InChI is InChI=1S/C27H25N5O4/c1-5-35-27(34)20-14-28-32(23-12-17(4)18-8-6-7-16(3)25(18)29-23)26(20)30-24(33)13-21-19-11-15(2)9-10-22(19)36-31-21/h6-12,14H,5,13H2,1-4H3,(H,30,33). The highest BCUT2D eigenvalue weighted by Gasteiger charge is 2.23. The van der Waals surface area contributed by atoms with Crippen LogP contribution in [-0.2, 0) is 16.0 Å². The summed E-state index contributed by atoms with van der Waals surface area (Å²) in [6.45, 7) is 7.83. The zero-order valence-electron chi connectivity index (χ0n) is 20.5. The number of amides is 1. The van der Waals surface area contributed by atoms with E-state index in [0.29, 0.717) is 17.1 Å². The Morgan fingerprint density at radius 2 is 1.89 bits per heavy atom. The first-order valence-corrected chi connectivity index (χ1v) is 11.6. The van der Waals surface area contributed by atoms with E-state index in [4.69, 9.17) is 14.2 Å². The van der Waals surface area contributed by atoms with Gasteiger partial charge in [-0.3, -0.25) is 4.79 Å². The van der Waals surface area contributed by atoms with Gasteiger partial charge in [0.2, 0.25) is 5.91 Å². The van der Waals surface area contributed by atoms with Crippen molar-refractivity contribution in [3.63, 3.8) is 0 Å². The number of carbonyl (C=O) groups excluding carboxylic acids is 2. The first kappa shape index (κ1) is 23.2. The molecule has 36 heavy (non-hydrogen) atoms. The summed E-state index contributed by atoms with van der Waals surface area (Å²) in [4.78, 5) is 30.6. The first-order chi connectivity index (χ1) is 17.4. The number of carbonyl (C=O) groups is 2. The van der Waals surface area contributed by atoms with Crippen LogP contribution in [0.15, 0.2) is 53.2 Å². The van der Waals surface area contributed by atoms with E-state index in [1.54, 1.807) is 6.92 Å². The molecule has 0 aliphatic heterocycles. The van der Waals surface area contributed by atoms with Crippen LogP contribution in [0.25, 0.3) is 27.7 Å². The number of rotatable bonds is 6. The van der Waals surface area contributed by atoms with Gasteiger partial charge in [0.05, 0.1) is 24.7 Å². The molecule has 0 aliphatic rings. The van der Waals surface area contributed by atoms with E-state index in [2.05, 4.69) is 15.6 Å². The van der Waals surface area contributed by atoms with Crippen molar-refractivity contribution in [1.82, 2.24) is 19.9 Å². The van der Waals surface area contributed by atoms with Crippen LogP contribution in [0.5, 0.6) is 0 Å². The van der Waals surface area contributed by atoms with Gasteiger partial charge in [0, 0.05) is 10.8 Å². The molecule has 3 aromatic heterocycles. The normalized spacial score (nSPS) is 11.2. The monoisotopic (exact) mass is 483 g/mol. The van der Waals surface area contributed by atoms with Crippen molar-refractivity contribution < 1.29 is 18.8 Å². The molecular weight excluding hydrogens is 458 g/mol. The van der Waals surface area contributed by atoms with Crippen LogP contribution in [0.3, 0.4) is 0 Å². The van der Waals surface area contributed by atoms with Gasteiger partial charge in [-0.1, -0.05) is 35.0 Å². The highest BCUT2D eigenvalue weighted by molar-refractivity contribution is 6.01. The quantitative estimate of drug-likeness (QED) is 0.344. The molecule has 9 heteroatoms. The van der Waals surface area contributed by atoms with E-state index in [0.717, 1.165) is 33.0 Å². The largest absolute Gasteiger partial charge is 0.462 e. The molecule has 0 saturated heterocycles. The Bertz CT molecular complexity index is 1630. The fourth-order valence-corrected chi connectivity index (χ4v) is 4.21. The Morgan fingerprint density at radius 1 is 1.06 bits per heavy atom. The Labute approximate surface area is 207 Å². The summed E-state index contributed by atoms with van der Waals surface area (Å²) in [6, 6.07) is 13.5. The third-order valence-electron chi connectivity index (χ3n) is 6.00. The number of benzene rings is 2. The lowest BCUT2D eigenvalue weighted by atomic mass is 10.1. The van der Waals surface area contributed by atoms with Crippen LogP contribution in [0.2, 0.25) is 0 Å². The molecule has 0 aliphatic carbocycles. The van der Waals surface area contributed by atoms with Crippen molar-refractivity contribution in [2.45, 2.75) is 34.1 Å². The van der Waals surface area contributed by atoms with Crippen LogP contribution >= 0.6 is 0 Å². The second-order valence-electron chi connectivity index (χ2n) is 8.66. The second kappa shape index (κ2) is 9.26. The van der Waals surface area contributed by atoms with Gasteiger partial charge in [0.25, 0.3) is 0 Å². The fraction of sp³-hybridized carbons (Fsp3) is 0.222. The maximum Gasteiger partial charge on any atom is 0.343 e. The van der Waals surface area contributed by atoms with Gasteiger partial charge in [0.1, 0.15) is 11.3 Å². The van der Waals surface area contributed by atoms with Crippen molar-refractivity contribution in [3.05, 3.63) is 76.6 Å². The van der Waals surface area contributed by atoms with E-state index in [9.17, 15) is 9.59 Å². The number of para-hydroxylation sites is 1. The summed E-state index contributed by atoms with van der Waals surface area (Å²) in [7, 11) is 0. The van der Waals surface area contributed by atoms with Gasteiger partial charge in [-0.05, 0) is 57.0 Å². The van der Waals surface area contributed by atoms with Crippen molar-refractivity contribution in [2.24, 2.45) is 0 Å².